The van der Waals surface area contributed by atoms with Gasteiger partial charge in [0.2, 0.25) is 6.20 Å². The van der Waals surface area contributed by atoms with Crippen molar-refractivity contribution in [1.82, 2.24) is 4.98 Å². The molecule has 1 aromatic rings. The highest BCUT2D eigenvalue weighted by atomic mass is 32.1. The molecule has 0 atom stereocenters. The second-order valence-electron chi connectivity index (χ2n) is 4.09. The average Bonchev–Trinajstić information content (AvgIpc) is 2.69. The van der Waals surface area contributed by atoms with Gasteiger partial charge in [0.05, 0.1) is 15.5 Å². The van der Waals surface area contributed by atoms with Crippen molar-refractivity contribution in [2.24, 2.45) is 0 Å². The Kier molecular flexibility index (Phi) is 3.73. The van der Waals surface area contributed by atoms with Gasteiger partial charge in [-0.3, -0.25) is 10.1 Å². The summed E-state index contributed by atoms with van der Waals surface area (Å²) in [4.78, 5) is 17.5. The first-order valence-corrected chi connectivity index (χ1v) is 6.52. The van der Waals surface area contributed by atoms with Crippen LogP contribution in [0.25, 0.3) is 6.08 Å². The first kappa shape index (κ1) is 12.0. The zero-order chi connectivity index (χ0) is 12.3. The fourth-order valence-corrected chi connectivity index (χ4v) is 2.91. The maximum Gasteiger partial charge on any atom is 0.235 e. The zero-order valence-corrected chi connectivity index (χ0v) is 10.6. The summed E-state index contributed by atoms with van der Waals surface area (Å²) in [5, 5.41) is 11.3. The van der Waals surface area contributed by atoms with E-state index in [4.69, 9.17) is 0 Å². The van der Waals surface area contributed by atoms with Gasteiger partial charge in [-0.1, -0.05) is 11.3 Å². The highest BCUT2D eigenvalue weighted by Crippen LogP contribution is 2.29. The predicted molar refractivity (Wildman–Crippen MR) is 68.9 cm³/mol. The quantitative estimate of drug-likeness (QED) is 0.614. The van der Waals surface area contributed by atoms with E-state index in [9.17, 15) is 10.1 Å². The molecule has 0 aliphatic carbocycles. The number of piperidine rings is 1. The Bertz CT molecular complexity index is 436. The molecule has 1 aliphatic rings. The molecule has 0 amide bonds. The number of hydrogen-bond acceptors (Lipinski definition) is 5. The van der Waals surface area contributed by atoms with Crippen LogP contribution in [0.15, 0.2) is 6.20 Å². The smallest absolute Gasteiger partial charge is 0.235 e. The van der Waals surface area contributed by atoms with Gasteiger partial charge in [0.15, 0.2) is 5.13 Å². The Morgan fingerprint density at radius 1 is 1.41 bits per heavy atom. The minimum absolute atomic E-state index is 0.445. The molecule has 1 fully saturated rings. The summed E-state index contributed by atoms with van der Waals surface area (Å²) in [6, 6.07) is 0. The highest BCUT2D eigenvalue weighted by molar-refractivity contribution is 7.16. The summed E-state index contributed by atoms with van der Waals surface area (Å²) in [6.07, 6.45) is 6.20. The lowest BCUT2D eigenvalue weighted by molar-refractivity contribution is -0.400. The maximum atomic E-state index is 10.3. The lowest BCUT2D eigenvalue weighted by Crippen LogP contribution is -2.29. The molecule has 6 heteroatoms. The van der Waals surface area contributed by atoms with Crippen LogP contribution in [0.4, 0.5) is 5.13 Å². The highest BCUT2D eigenvalue weighted by Gasteiger charge is 2.15. The van der Waals surface area contributed by atoms with Gasteiger partial charge in [0.25, 0.3) is 0 Å². The molecular formula is C11H15N3O2S. The molecule has 2 rings (SSSR count). The Morgan fingerprint density at radius 2 is 2.12 bits per heavy atom. The maximum absolute atomic E-state index is 10.3. The van der Waals surface area contributed by atoms with Crippen molar-refractivity contribution < 1.29 is 4.92 Å². The van der Waals surface area contributed by atoms with E-state index in [1.165, 1.54) is 36.7 Å². The van der Waals surface area contributed by atoms with Crippen LogP contribution in [-0.4, -0.2) is 23.0 Å². The first-order valence-electron chi connectivity index (χ1n) is 5.71. The van der Waals surface area contributed by atoms with Gasteiger partial charge < -0.3 is 4.90 Å². The van der Waals surface area contributed by atoms with Gasteiger partial charge in [0.1, 0.15) is 0 Å². The largest absolute Gasteiger partial charge is 0.348 e. The minimum atomic E-state index is -0.445. The molecule has 0 saturated carbocycles. The van der Waals surface area contributed by atoms with Crippen molar-refractivity contribution in [3.63, 3.8) is 0 Å². The zero-order valence-electron chi connectivity index (χ0n) is 9.76. The molecule has 0 N–H and O–H groups in total. The Hall–Kier alpha value is -1.43. The Morgan fingerprint density at radius 3 is 2.76 bits per heavy atom. The number of aryl methyl sites for hydroxylation is 1. The third kappa shape index (κ3) is 3.03. The normalized spacial score (nSPS) is 16.6. The first-order chi connectivity index (χ1) is 8.16. The summed E-state index contributed by atoms with van der Waals surface area (Å²) in [7, 11) is 0. The van der Waals surface area contributed by atoms with E-state index in [0.29, 0.717) is 0 Å². The van der Waals surface area contributed by atoms with Crippen LogP contribution in [0.5, 0.6) is 0 Å². The standard InChI is InChI=1S/C11H15N3O2S/c1-9-10(5-8-14(15)16)17-11(12-9)13-6-3-2-4-7-13/h5,8H,2-4,6-7H2,1H3/b8-5+. The predicted octanol–water partition coefficient (Wildman–Crippen LogP) is 2.69. The van der Waals surface area contributed by atoms with Crippen LogP contribution in [0.3, 0.4) is 0 Å². The lowest BCUT2D eigenvalue weighted by atomic mass is 10.1. The fourth-order valence-electron chi connectivity index (χ4n) is 1.90. The Labute approximate surface area is 104 Å². The molecule has 0 aromatic carbocycles. The van der Waals surface area contributed by atoms with Crippen LogP contribution in [0.1, 0.15) is 29.8 Å². The molecule has 1 saturated heterocycles. The van der Waals surface area contributed by atoms with Crippen LogP contribution in [0, 0.1) is 17.0 Å². The molecule has 1 aromatic heterocycles. The third-order valence-electron chi connectivity index (χ3n) is 2.80. The number of hydrogen-bond donors (Lipinski definition) is 0. The van der Waals surface area contributed by atoms with Crippen LogP contribution in [0.2, 0.25) is 0 Å². The molecule has 1 aliphatic heterocycles. The number of thiazole rings is 1. The minimum Gasteiger partial charge on any atom is -0.348 e. The molecule has 17 heavy (non-hydrogen) atoms. The number of aromatic nitrogens is 1. The number of rotatable bonds is 3. The van der Waals surface area contributed by atoms with E-state index in [2.05, 4.69) is 9.88 Å². The van der Waals surface area contributed by atoms with E-state index >= 15 is 0 Å². The monoisotopic (exact) mass is 253 g/mol. The van der Waals surface area contributed by atoms with Crippen LogP contribution in [-0.2, 0) is 0 Å². The van der Waals surface area contributed by atoms with Crippen molar-refractivity contribution in [1.29, 1.82) is 0 Å². The van der Waals surface area contributed by atoms with Gasteiger partial charge >= 0.3 is 0 Å². The van der Waals surface area contributed by atoms with Gasteiger partial charge in [-0.15, -0.1) is 0 Å². The van der Waals surface area contributed by atoms with Gasteiger partial charge in [-0.25, -0.2) is 4.98 Å². The topological polar surface area (TPSA) is 59.3 Å². The molecule has 0 bridgehead atoms. The van der Waals surface area contributed by atoms with Crippen molar-refractivity contribution in [3.05, 3.63) is 26.9 Å². The van der Waals surface area contributed by atoms with Crippen molar-refractivity contribution in [2.45, 2.75) is 26.2 Å². The second-order valence-corrected chi connectivity index (χ2v) is 5.10. The number of anilines is 1. The summed E-state index contributed by atoms with van der Waals surface area (Å²) < 4.78 is 0. The lowest BCUT2D eigenvalue weighted by Gasteiger charge is -2.25. The van der Waals surface area contributed by atoms with E-state index < -0.39 is 4.92 Å². The van der Waals surface area contributed by atoms with Crippen molar-refractivity contribution in [3.8, 4) is 0 Å². The van der Waals surface area contributed by atoms with Gasteiger partial charge in [-0.05, 0) is 26.2 Å². The van der Waals surface area contributed by atoms with E-state index in [0.717, 1.165) is 35.0 Å². The van der Waals surface area contributed by atoms with Crippen LogP contribution >= 0.6 is 11.3 Å². The summed E-state index contributed by atoms with van der Waals surface area (Å²) in [6.45, 7) is 3.99. The molecular weight excluding hydrogens is 238 g/mol. The molecule has 2 heterocycles. The van der Waals surface area contributed by atoms with Crippen molar-refractivity contribution >= 4 is 22.5 Å². The van der Waals surface area contributed by atoms with Gasteiger partial charge in [0, 0.05) is 19.2 Å². The summed E-state index contributed by atoms with van der Waals surface area (Å²) in [5.41, 5.74) is 0.869. The van der Waals surface area contributed by atoms with E-state index in [1.807, 2.05) is 6.92 Å². The average molecular weight is 253 g/mol. The summed E-state index contributed by atoms with van der Waals surface area (Å²) >= 11 is 1.53. The molecule has 0 radical (unpaired) electrons. The van der Waals surface area contributed by atoms with E-state index in [-0.39, 0.29) is 0 Å². The van der Waals surface area contributed by atoms with Crippen LogP contribution < -0.4 is 4.90 Å². The third-order valence-corrected chi connectivity index (χ3v) is 3.98. The molecule has 5 nitrogen and oxygen atoms in total. The molecule has 92 valence electrons. The number of nitro groups is 1. The number of nitrogens with zero attached hydrogens (tertiary/aromatic N) is 3. The molecule has 0 spiro atoms. The fraction of sp³-hybridized carbons (Fsp3) is 0.545. The SMILES string of the molecule is Cc1nc(N2CCCCC2)sc1/C=C/[N+](=O)[O-]. The Balaban J connectivity index is 2.14. The van der Waals surface area contributed by atoms with Gasteiger partial charge in [-0.2, -0.15) is 0 Å². The summed E-state index contributed by atoms with van der Waals surface area (Å²) in [5.74, 6) is 0. The van der Waals surface area contributed by atoms with E-state index in [1.54, 1.807) is 0 Å². The second kappa shape index (κ2) is 5.27. The molecule has 0 unspecified atom stereocenters. The van der Waals surface area contributed by atoms with Crippen molar-refractivity contribution in [2.75, 3.05) is 18.0 Å².